The number of rotatable bonds is 7. The second-order valence-electron chi connectivity index (χ2n) is 16.4. The lowest BCUT2D eigenvalue weighted by atomic mass is 9.73. The van der Waals surface area contributed by atoms with Crippen molar-refractivity contribution in [3.8, 4) is 11.3 Å². The van der Waals surface area contributed by atoms with E-state index in [2.05, 4.69) is 70.9 Å². The molecule has 1 atom stereocenters. The summed E-state index contributed by atoms with van der Waals surface area (Å²) >= 11 is 0. The summed E-state index contributed by atoms with van der Waals surface area (Å²) in [4.78, 5) is 35.6. The molecule has 4 aliphatic heterocycles. The molecule has 0 bridgehead atoms. The van der Waals surface area contributed by atoms with Crippen LogP contribution in [0.4, 0.5) is 21.6 Å². The number of amides is 1. The molecule has 268 valence electrons. The van der Waals surface area contributed by atoms with Crippen LogP contribution in [0.25, 0.3) is 22.3 Å². The van der Waals surface area contributed by atoms with Crippen LogP contribution < -0.4 is 10.2 Å². The van der Waals surface area contributed by atoms with Crippen LogP contribution in [0.2, 0.25) is 0 Å². The monoisotopic (exact) mass is 694 g/mol. The van der Waals surface area contributed by atoms with E-state index in [-0.39, 0.29) is 35.2 Å². The number of likely N-dealkylation sites (tertiary alicyclic amines) is 2. The standard InChI is InChI=1S/C39H47FN8O3/c1-23(2)47-22-42-32-16-31(44-36(35(32)47)43-30-7-10-41-17-29(30)40)24-5-6-28-33(13-24)48(26-14-25(15-26)46-18-34(49)38(3,4)21-46)37(50)39(28)8-11-45(12-9-39)27-19-51-20-27/h5-7,10,13,16-17,22-23,25-27,34,49H,8-9,11-12,14-15,18-21H2,1-4H3,(H,41,43,44)/t25-,26+,34-/m1/s1. The van der Waals surface area contributed by atoms with Gasteiger partial charge in [0.25, 0.3) is 0 Å². The van der Waals surface area contributed by atoms with Crippen LogP contribution in [0.1, 0.15) is 65.0 Å². The number of aromatic nitrogens is 4. The third kappa shape index (κ3) is 5.28. The number of aliphatic hydroxyl groups is 1. The molecule has 3 saturated heterocycles. The summed E-state index contributed by atoms with van der Waals surface area (Å²) in [5.74, 6) is 0.264. The summed E-state index contributed by atoms with van der Waals surface area (Å²) in [5, 5.41) is 13.9. The van der Waals surface area contributed by atoms with Crippen molar-refractivity contribution in [3.05, 3.63) is 60.4 Å². The summed E-state index contributed by atoms with van der Waals surface area (Å²) in [5.41, 5.74) is 4.82. The third-order valence-corrected chi connectivity index (χ3v) is 12.5. The first-order valence-corrected chi connectivity index (χ1v) is 18.5. The van der Waals surface area contributed by atoms with E-state index in [1.165, 1.54) is 6.20 Å². The van der Waals surface area contributed by atoms with Crippen molar-refractivity contribution in [1.29, 1.82) is 0 Å². The second kappa shape index (κ2) is 12.0. The minimum absolute atomic E-state index is 0.0962. The van der Waals surface area contributed by atoms with Gasteiger partial charge in [0, 0.05) is 54.1 Å². The molecular formula is C39H47FN8O3. The van der Waals surface area contributed by atoms with E-state index >= 15 is 0 Å². The van der Waals surface area contributed by atoms with E-state index in [1.54, 1.807) is 18.6 Å². The molecule has 2 N–H and O–H groups in total. The number of benzene rings is 1. The quantitative estimate of drug-likeness (QED) is 0.267. The predicted molar refractivity (Wildman–Crippen MR) is 194 cm³/mol. The van der Waals surface area contributed by atoms with Crippen LogP contribution in [-0.4, -0.2) is 104 Å². The number of carbonyl (C=O) groups is 1. The van der Waals surface area contributed by atoms with Crippen molar-refractivity contribution >= 4 is 34.1 Å². The number of pyridine rings is 2. The summed E-state index contributed by atoms with van der Waals surface area (Å²) in [6, 6.07) is 11.0. The Balaban J connectivity index is 1.09. The van der Waals surface area contributed by atoms with Crippen LogP contribution in [0.15, 0.2) is 49.1 Å². The third-order valence-electron chi connectivity index (χ3n) is 12.5. The number of hydrogen-bond acceptors (Lipinski definition) is 9. The Morgan fingerprint density at radius 2 is 1.82 bits per heavy atom. The van der Waals surface area contributed by atoms with Gasteiger partial charge in [-0.15, -0.1) is 0 Å². The maximum Gasteiger partial charge on any atom is 0.238 e. The van der Waals surface area contributed by atoms with E-state index in [4.69, 9.17) is 14.7 Å². The zero-order chi connectivity index (χ0) is 35.2. The molecule has 0 unspecified atom stereocenters. The Morgan fingerprint density at radius 3 is 2.49 bits per heavy atom. The highest BCUT2D eigenvalue weighted by Crippen LogP contribution is 2.52. The van der Waals surface area contributed by atoms with Crippen molar-refractivity contribution in [2.75, 3.05) is 49.6 Å². The number of β-amino-alcohol motifs (C(OH)–C–C–N with tert-alkyl or cyclic N) is 1. The molecular weight excluding hydrogens is 647 g/mol. The number of halogens is 1. The number of carbonyl (C=O) groups excluding carboxylic acids is 1. The number of imidazole rings is 1. The first-order valence-electron chi connectivity index (χ1n) is 18.5. The lowest BCUT2D eigenvalue weighted by molar-refractivity contribution is -0.128. The molecule has 4 fully saturated rings. The Bertz CT molecular complexity index is 2000. The van der Waals surface area contributed by atoms with Crippen molar-refractivity contribution in [2.24, 2.45) is 5.41 Å². The molecule has 51 heavy (non-hydrogen) atoms. The molecule has 12 heteroatoms. The highest BCUT2D eigenvalue weighted by Gasteiger charge is 2.56. The van der Waals surface area contributed by atoms with Gasteiger partial charge < -0.3 is 24.6 Å². The fraction of sp³-hybridized carbons (Fsp3) is 0.538. The van der Waals surface area contributed by atoms with E-state index in [0.717, 1.165) is 86.4 Å². The maximum absolute atomic E-state index is 14.8. The fourth-order valence-corrected chi connectivity index (χ4v) is 9.10. The number of fused-ring (bicyclic) bond motifs is 3. The Kier molecular flexibility index (Phi) is 7.77. The molecule has 11 nitrogen and oxygen atoms in total. The molecule has 3 aromatic heterocycles. The van der Waals surface area contributed by atoms with E-state index in [1.807, 2.05) is 10.6 Å². The van der Waals surface area contributed by atoms with Crippen molar-refractivity contribution < 1.29 is 19.0 Å². The van der Waals surface area contributed by atoms with Crippen molar-refractivity contribution in [2.45, 2.75) is 89.1 Å². The normalized spacial score (nSPS) is 26.2. The summed E-state index contributed by atoms with van der Waals surface area (Å²) in [6.07, 6.45) is 7.56. The largest absolute Gasteiger partial charge is 0.391 e. The van der Waals surface area contributed by atoms with Crippen LogP contribution in [0.3, 0.4) is 0 Å². The molecule has 1 saturated carbocycles. The fourth-order valence-electron chi connectivity index (χ4n) is 9.10. The van der Waals surface area contributed by atoms with Gasteiger partial charge in [-0.05, 0) is 76.4 Å². The first-order chi connectivity index (χ1) is 24.5. The van der Waals surface area contributed by atoms with Crippen molar-refractivity contribution in [1.82, 2.24) is 29.3 Å². The Labute approximate surface area is 297 Å². The van der Waals surface area contributed by atoms with Gasteiger partial charge in [0.05, 0.1) is 60.2 Å². The van der Waals surface area contributed by atoms with Gasteiger partial charge in [0.1, 0.15) is 5.52 Å². The minimum Gasteiger partial charge on any atom is -0.391 e. The molecule has 1 aliphatic carbocycles. The lowest BCUT2D eigenvalue weighted by Gasteiger charge is -2.47. The van der Waals surface area contributed by atoms with Gasteiger partial charge in [-0.3, -0.25) is 19.6 Å². The number of piperidine rings is 1. The maximum atomic E-state index is 14.8. The average molecular weight is 695 g/mol. The number of hydrogen-bond donors (Lipinski definition) is 2. The predicted octanol–water partition coefficient (Wildman–Crippen LogP) is 5.27. The highest BCUT2D eigenvalue weighted by atomic mass is 19.1. The molecule has 7 heterocycles. The molecule has 9 rings (SSSR count). The first kappa shape index (κ1) is 32.9. The van der Waals surface area contributed by atoms with E-state index in [9.17, 15) is 14.3 Å². The number of aliphatic hydroxyl groups excluding tert-OH is 1. The number of anilines is 3. The van der Waals surface area contributed by atoms with Gasteiger partial charge >= 0.3 is 0 Å². The number of ether oxygens (including phenoxy) is 1. The summed E-state index contributed by atoms with van der Waals surface area (Å²) in [6.45, 7) is 13.3. The van der Waals surface area contributed by atoms with Gasteiger partial charge in [0.15, 0.2) is 11.6 Å². The Hall–Kier alpha value is -3.97. The molecule has 5 aliphatic rings. The number of nitrogens with one attached hydrogen (secondary N) is 1. The van der Waals surface area contributed by atoms with Gasteiger partial charge in [-0.1, -0.05) is 26.0 Å². The van der Waals surface area contributed by atoms with Crippen molar-refractivity contribution in [3.63, 3.8) is 0 Å². The van der Waals surface area contributed by atoms with Crippen LogP contribution in [0, 0.1) is 11.2 Å². The topological polar surface area (TPSA) is 112 Å². The van der Waals surface area contributed by atoms with Gasteiger partial charge in [-0.2, -0.15) is 0 Å². The molecule has 1 aromatic carbocycles. The zero-order valence-corrected chi connectivity index (χ0v) is 29.8. The molecule has 4 aromatic rings. The SMILES string of the molecule is CC(C)n1cnc2cc(-c3ccc4c(c3)N([C@H]3C[C@@H](N5C[C@@H](O)C(C)(C)C5)C3)C(=O)C43CCN(C4COC4)CC3)nc(Nc3ccncc3F)c21. The summed E-state index contributed by atoms with van der Waals surface area (Å²) < 4.78 is 22.4. The highest BCUT2D eigenvalue weighted by molar-refractivity contribution is 6.09. The molecule has 0 radical (unpaired) electrons. The average Bonchev–Trinajstić information content (AvgIpc) is 3.68. The molecule has 1 spiro atoms. The van der Waals surface area contributed by atoms with Crippen LogP contribution in [0.5, 0.6) is 0 Å². The van der Waals surface area contributed by atoms with Crippen LogP contribution in [-0.2, 0) is 14.9 Å². The smallest absolute Gasteiger partial charge is 0.238 e. The van der Waals surface area contributed by atoms with E-state index < -0.39 is 11.2 Å². The molecule has 1 amide bonds. The van der Waals surface area contributed by atoms with Gasteiger partial charge in [0.2, 0.25) is 5.91 Å². The number of nitrogens with zero attached hydrogens (tertiary/aromatic N) is 7. The van der Waals surface area contributed by atoms with E-state index in [0.29, 0.717) is 30.1 Å². The summed E-state index contributed by atoms with van der Waals surface area (Å²) in [7, 11) is 0. The van der Waals surface area contributed by atoms with Gasteiger partial charge in [-0.25, -0.2) is 14.4 Å². The Morgan fingerprint density at radius 1 is 1.04 bits per heavy atom. The minimum atomic E-state index is -0.551. The lowest BCUT2D eigenvalue weighted by Crippen LogP contribution is -2.59. The zero-order valence-electron chi connectivity index (χ0n) is 29.8. The van der Waals surface area contributed by atoms with Crippen LogP contribution >= 0.6 is 0 Å². The second-order valence-corrected chi connectivity index (χ2v) is 16.4.